The fourth-order valence-electron chi connectivity index (χ4n) is 5.72. The molecule has 220 valence electrons. The van der Waals surface area contributed by atoms with E-state index < -0.39 is 23.8 Å². The molecule has 0 saturated carbocycles. The molecule has 1 saturated heterocycles. The maximum absolute atomic E-state index is 14.7. The molecule has 1 aromatic carbocycles. The predicted octanol–water partition coefficient (Wildman–Crippen LogP) is 6.11. The Labute approximate surface area is 245 Å². The lowest BCUT2D eigenvalue weighted by molar-refractivity contribution is -0.108. The van der Waals surface area contributed by atoms with Crippen molar-refractivity contribution in [2.45, 2.75) is 70.6 Å². The summed E-state index contributed by atoms with van der Waals surface area (Å²) in [6.07, 6.45) is 3.89. The van der Waals surface area contributed by atoms with Crippen LogP contribution < -0.4 is 9.64 Å². The van der Waals surface area contributed by atoms with Gasteiger partial charge in [0.05, 0.1) is 24.5 Å². The zero-order chi connectivity index (χ0) is 30.1. The van der Waals surface area contributed by atoms with Crippen molar-refractivity contribution >= 4 is 28.5 Å². The van der Waals surface area contributed by atoms with Crippen LogP contribution in [0.1, 0.15) is 86.7 Å². The van der Waals surface area contributed by atoms with E-state index in [1.807, 2.05) is 44.3 Å². The van der Waals surface area contributed by atoms with Crippen LogP contribution in [0, 0.1) is 5.92 Å². The van der Waals surface area contributed by atoms with E-state index in [0.29, 0.717) is 29.1 Å². The number of carbonyl (C=O) groups excluding carboxylic acids is 1. The zero-order valence-electron chi connectivity index (χ0n) is 24.9. The highest BCUT2D eigenvalue weighted by molar-refractivity contribution is 7.13. The van der Waals surface area contributed by atoms with E-state index in [1.165, 1.54) is 11.3 Å². The van der Waals surface area contributed by atoms with Crippen molar-refractivity contribution in [3.8, 4) is 5.75 Å². The number of carboxylic acid groups (broad SMARTS) is 1. The zero-order valence-corrected chi connectivity index (χ0v) is 25.7. The number of hydrogen-bond acceptors (Lipinski definition) is 9. The largest absolute Gasteiger partial charge is 0.507 e. The smallest absolute Gasteiger partial charge is 0.496 e. The number of methoxy groups -OCH3 is 1. The summed E-state index contributed by atoms with van der Waals surface area (Å²) in [6, 6.07) is 4.73. The van der Waals surface area contributed by atoms with Crippen molar-refractivity contribution < 1.29 is 24.2 Å². The number of anilines is 1. The maximum Gasteiger partial charge on any atom is 0.507 e. The van der Waals surface area contributed by atoms with Gasteiger partial charge in [-0.15, -0.1) is 11.3 Å². The summed E-state index contributed by atoms with van der Waals surface area (Å²) < 4.78 is 11.5. The van der Waals surface area contributed by atoms with Crippen LogP contribution in [0.15, 0.2) is 42.2 Å². The second kappa shape index (κ2) is 11.6. The van der Waals surface area contributed by atoms with Crippen molar-refractivity contribution in [3.05, 3.63) is 64.7 Å². The van der Waals surface area contributed by atoms with Gasteiger partial charge < -0.3 is 19.5 Å². The second-order valence-corrected chi connectivity index (χ2v) is 12.9. The van der Waals surface area contributed by atoms with Crippen molar-refractivity contribution in [1.82, 2.24) is 19.9 Å². The fourth-order valence-corrected chi connectivity index (χ4v) is 6.51. The van der Waals surface area contributed by atoms with E-state index in [0.717, 1.165) is 10.7 Å². The van der Waals surface area contributed by atoms with Gasteiger partial charge in [0.2, 0.25) is 0 Å². The number of likely N-dealkylation sites (tertiary alicyclic amines) is 1. The quantitative estimate of drug-likeness (QED) is 0.314. The number of hydrogen-bond donors (Lipinski definition) is 1. The first-order chi connectivity index (χ1) is 19.3. The van der Waals surface area contributed by atoms with E-state index in [2.05, 4.69) is 30.7 Å². The minimum absolute atomic E-state index is 0.0106. The van der Waals surface area contributed by atoms with E-state index >= 15 is 0 Å². The highest BCUT2D eigenvalue weighted by Gasteiger charge is 2.59. The molecule has 1 aliphatic heterocycles. The topological polar surface area (TPSA) is 118 Å². The lowest BCUT2D eigenvalue weighted by Crippen LogP contribution is -2.52. The standard InChI is InChI=1S/C30H39N5O5S/c1-18(2)14-30(40-28(37)38)15-20(22-16-31-11-12-32-22)25(23-17-41-27(33-23)34(6)7)35(30)26(36)19-9-10-21(29(3,4)5)24(13-19)39-8/h9-13,16-18,20,25H,14-15H2,1-8H3,(H,37,38)/t20-,25-,30+/m1/s1. The van der Waals surface area contributed by atoms with Gasteiger partial charge in [-0.25, -0.2) is 9.78 Å². The van der Waals surface area contributed by atoms with E-state index in [4.69, 9.17) is 14.5 Å². The third kappa shape index (κ3) is 6.14. The number of carbonyl (C=O) groups is 2. The van der Waals surface area contributed by atoms with Gasteiger partial charge in [-0.2, -0.15) is 0 Å². The van der Waals surface area contributed by atoms with Crippen molar-refractivity contribution in [1.29, 1.82) is 0 Å². The average Bonchev–Trinajstić information content (AvgIpc) is 3.50. The molecule has 3 heterocycles. The van der Waals surface area contributed by atoms with Gasteiger partial charge in [0.15, 0.2) is 10.9 Å². The molecule has 0 spiro atoms. The number of ether oxygens (including phenoxy) is 2. The van der Waals surface area contributed by atoms with Gasteiger partial charge in [0.25, 0.3) is 5.91 Å². The van der Waals surface area contributed by atoms with Crippen LogP contribution in [0.2, 0.25) is 0 Å². The Morgan fingerprint density at radius 1 is 1.22 bits per heavy atom. The summed E-state index contributed by atoms with van der Waals surface area (Å²) in [5, 5.41) is 12.7. The molecule has 1 N–H and O–H groups in total. The number of rotatable bonds is 8. The molecular weight excluding hydrogens is 542 g/mol. The Kier molecular flexibility index (Phi) is 8.58. The first-order valence-electron chi connectivity index (χ1n) is 13.6. The Morgan fingerprint density at radius 2 is 1.95 bits per heavy atom. The number of aromatic nitrogens is 3. The minimum atomic E-state index is -1.47. The molecule has 0 aliphatic carbocycles. The highest BCUT2D eigenvalue weighted by Crippen LogP contribution is 2.55. The van der Waals surface area contributed by atoms with E-state index in [1.54, 1.807) is 42.7 Å². The molecule has 3 aromatic rings. The molecule has 41 heavy (non-hydrogen) atoms. The molecular formula is C30H39N5O5S. The Hall–Kier alpha value is -3.73. The highest BCUT2D eigenvalue weighted by atomic mass is 32.1. The molecule has 2 aromatic heterocycles. The van der Waals surface area contributed by atoms with Crippen LogP contribution >= 0.6 is 11.3 Å². The van der Waals surface area contributed by atoms with E-state index in [9.17, 15) is 14.7 Å². The van der Waals surface area contributed by atoms with Crippen molar-refractivity contribution in [2.75, 3.05) is 26.1 Å². The summed E-state index contributed by atoms with van der Waals surface area (Å²) in [5.74, 6) is -0.196. The summed E-state index contributed by atoms with van der Waals surface area (Å²) in [5.41, 5.74) is 0.914. The van der Waals surface area contributed by atoms with Gasteiger partial charge in [-0.1, -0.05) is 40.7 Å². The summed E-state index contributed by atoms with van der Waals surface area (Å²) in [6.45, 7) is 10.2. The number of nitrogens with zero attached hydrogens (tertiary/aromatic N) is 5. The summed E-state index contributed by atoms with van der Waals surface area (Å²) in [4.78, 5) is 44.1. The molecule has 0 bridgehead atoms. The van der Waals surface area contributed by atoms with Gasteiger partial charge in [0, 0.05) is 62.4 Å². The van der Waals surface area contributed by atoms with Crippen LogP contribution in [0.4, 0.5) is 9.93 Å². The van der Waals surface area contributed by atoms with Crippen molar-refractivity contribution in [2.24, 2.45) is 5.92 Å². The maximum atomic E-state index is 14.7. The second-order valence-electron chi connectivity index (χ2n) is 12.1. The van der Waals surface area contributed by atoms with E-state index in [-0.39, 0.29) is 23.7 Å². The average molecular weight is 582 g/mol. The molecule has 1 amide bonds. The Bertz CT molecular complexity index is 1390. The molecule has 4 rings (SSSR count). The third-order valence-electron chi connectivity index (χ3n) is 7.28. The predicted molar refractivity (Wildman–Crippen MR) is 158 cm³/mol. The third-order valence-corrected chi connectivity index (χ3v) is 8.30. The SMILES string of the molecule is COc1cc(C(=O)N2[C@@H](c3csc(N(C)C)n3)[C@@H](c3cnccn3)C[C@]2(CC(C)C)OC(=O)O)ccc1C(C)(C)C. The van der Waals surface area contributed by atoms with Crippen LogP contribution in [0.25, 0.3) is 0 Å². The number of benzene rings is 1. The Morgan fingerprint density at radius 3 is 2.49 bits per heavy atom. The number of amides is 1. The van der Waals surface area contributed by atoms with Crippen LogP contribution in [0.5, 0.6) is 5.75 Å². The molecule has 10 nitrogen and oxygen atoms in total. The lowest BCUT2D eigenvalue weighted by Gasteiger charge is -2.40. The van der Waals surface area contributed by atoms with Crippen LogP contribution in [0.3, 0.4) is 0 Å². The van der Waals surface area contributed by atoms with Gasteiger partial charge in [-0.05, 0) is 29.0 Å². The molecule has 11 heteroatoms. The first-order valence-corrected chi connectivity index (χ1v) is 14.5. The summed E-state index contributed by atoms with van der Waals surface area (Å²) in [7, 11) is 5.39. The minimum Gasteiger partial charge on any atom is -0.496 e. The Balaban J connectivity index is 1.96. The molecule has 1 fully saturated rings. The molecule has 3 atom stereocenters. The van der Waals surface area contributed by atoms with Gasteiger partial charge >= 0.3 is 6.16 Å². The molecule has 0 unspecified atom stereocenters. The van der Waals surface area contributed by atoms with Crippen molar-refractivity contribution in [3.63, 3.8) is 0 Å². The summed E-state index contributed by atoms with van der Waals surface area (Å²) >= 11 is 1.45. The first kappa shape index (κ1) is 30.2. The monoisotopic (exact) mass is 581 g/mol. The molecule has 1 aliphatic rings. The van der Waals surface area contributed by atoms with Gasteiger partial charge in [-0.3, -0.25) is 19.7 Å². The van der Waals surface area contributed by atoms with Crippen LogP contribution in [-0.4, -0.2) is 64.0 Å². The molecule has 0 radical (unpaired) electrons. The number of thiazole rings is 1. The normalized spacial score (nSPS) is 20.8. The fraction of sp³-hybridized carbons (Fsp3) is 0.500. The lowest BCUT2D eigenvalue weighted by atomic mass is 9.85. The van der Waals surface area contributed by atoms with Crippen LogP contribution in [-0.2, 0) is 10.2 Å². The van der Waals surface area contributed by atoms with Gasteiger partial charge in [0.1, 0.15) is 5.75 Å².